The molecule has 5 nitrogen and oxygen atoms in total. The van der Waals surface area contributed by atoms with Crippen LogP contribution in [-0.2, 0) is 0 Å². The third-order valence-corrected chi connectivity index (χ3v) is 3.80. The zero-order valence-corrected chi connectivity index (χ0v) is 12.8. The zero-order chi connectivity index (χ0) is 15.4. The van der Waals surface area contributed by atoms with Crippen molar-refractivity contribution >= 4 is 27.3 Å². The maximum atomic E-state index is 10.7. The molecular formula is C15H12BrN3O2. The molecule has 0 aliphatic rings. The highest BCUT2D eigenvalue weighted by Gasteiger charge is 2.14. The molecule has 21 heavy (non-hydrogen) atoms. The summed E-state index contributed by atoms with van der Waals surface area (Å²) in [5.74, 6) is 0. The fraction of sp³-hybridized carbons (Fsp3) is 0.133. The molecule has 6 heteroatoms. The van der Waals surface area contributed by atoms with Gasteiger partial charge in [0.05, 0.1) is 16.2 Å². The maximum Gasteiger partial charge on any atom is 0.270 e. The monoisotopic (exact) mass is 345 g/mol. The molecule has 2 aromatic carbocycles. The molecule has 106 valence electrons. The summed E-state index contributed by atoms with van der Waals surface area (Å²) in [5.41, 5.74) is 1.78. The summed E-state index contributed by atoms with van der Waals surface area (Å²) >= 11 is 3.48. The highest BCUT2D eigenvalue weighted by molar-refractivity contribution is 9.10. The van der Waals surface area contributed by atoms with Gasteiger partial charge in [-0.2, -0.15) is 5.26 Å². The van der Waals surface area contributed by atoms with Gasteiger partial charge >= 0.3 is 0 Å². The minimum atomic E-state index is -0.512. The molecule has 0 bridgehead atoms. The SMILES string of the molecule is CC(Nc1ccc([N+](=O)[O-])cc1C#N)c1ccccc1Br. The molecule has 0 saturated carbocycles. The highest BCUT2D eigenvalue weighted by Crippen LogP contribution is 2.28. The van der Waals surface area contributed by atoms with Crippen LogP contribution in [0.4, 0.5) is 11.4 Å². The van der Waals surface area contributed by atoms with Crippen molar-refractivity contribution in [1.82, 2.24) is 0 Å². The predicted molar refractivity (Wildman–Crippen MR) is 84.0 cm³/mol. The van der Waals surface area contributed by atoms with E-state index >= 15 is 0 Å². The van der Waals surface area contributed by atoms with Crippen LogP contribution in [0.1, 0.15) is 24.1 Å². The van der Waals surface area contributed by atoms with Crippen molar-refractivity contribution in [1.29, 1.82) is 5.26 Å². The summed E-state index contributed by atoms with van der Waals surface area (Å²) in [6.07, 6.45) is 0. The van der Waals surface area contributed by atoms with E-state index in [-0.39, 0.29) is 17.3 Å². The highest BCUT2D eigenvalue weighted by atomic mass is 79.9. The Hall–Kier alpha value is -2.39. The summed E-state index contributed by atoms with van der Waals surface area (Å²) in [4.78, 5) is 10.2. The Morgan fingerprint density at radius 3 is 2.67 bits per heavy atom. The molecule has 0 aromatic heterocycles. The van der Waals surface area contributed by atoms with Crippen LogP contribution in [0.3, 0.4) is 0 Å². The number of hydrogen-bond acceptors (Lipinski definition) is 4. The lowest BCUT2D eigenvalue weighted by atomic mass is 10.1. The van der Waals surface area contributed by atoms with E-state index in [0.717, 1.165) is 10.0 Å². The first-order valence-corrected chi connectivity index (χ1v) is 7.01. The number of nitrogens with zero attached hydrogens (tertiary/aromatic N) is 2. The number of anilines is 1. The second-order valence-electron chi connectivity index (χ2n) is 4.49. The Morgan fingerprint density at radius 1 is 1.33 bits per heavy atom. The molecule has 0 aliphatic carbocycles. The van der Waals surface area contributed by atoms with Crippen LogP contribution in [0, 0.1) is 21.4 Å². The van der Waals surface area contributed by atoms with Crippen molar-refractivity contribution in [3.05, 3.63) is 68.2 Å². The number of nitrogens with one attached hydrogen (secondary N) is 1. The fourth-order valence-electron chi connectivity index (χ4n) is 2.00. The van der Waals surface area contributed by atoms with Crippen molar-refractivity contribution < 1.29 is 4.92 Å². The number of nitriles is 1. The number of rotatable bonds is 4. The molecule has 0 heterocycles. The van der Waals surface area contributed by atoms with Crippen LogP contribution in [0.15, 0.2) is 46.9 Å². The standard InChI is InChI=1S/C15H12BrN3O2/c1-10(13-4-2-3-5-14(13)16)18-15-7-6-12(19(20)21)8-11(15)9-17/h2-8,10,18H,1H3. The van der Waals surface area contributed by atoms with Gasteiger partial charge in [0, 0.05) is 22.6 Å². The van der Waals surface area contributed by atoms with E-state index in [1.165, 1.54) is 12.1 Å². The van der Waals surface area contributed by atoms with Gasteiger partial charge in [-0.25, -0.2) is 0 Å². The summed E-state index contributed by atoms with van der Waals surface area (Å²) in [5, 5.41) is 23.1. The fourth-order valence-corrected chi connectivity index (χ4v) is 2.63. The van der Waals surface area contributed by atoms with Gasteiger partial charge in [-0.1, -0.05) is 34.1 Å². The van der Waals surface area contributed by atoms with Crippen LogP contribution < -0.4 is 5.32 Å². The minimum Gasteiger partial charge on any atom is -0.377 e. The molecule has 1 atom stereocenters. The van der Waals surface area contributed by atoms with E-state index in [1.807, 2.05) is 37.3 Å². The molecular weight excluding hydrogens is 334 g/mol. The van der Waals surface area contributed by atoms with Crippen LogP contribution in [0.5, 0.6) is 0 Å². The lowest BCUT2D eigenvalue weighted by Crippen LogP contribution is -2.08. The summed E-state index contributed by atoms with van der Waals surface area (Å²) < 4.78 is 0.963. The van der Waals surface area contributed by atoms with Crippen LogP contribution in [-0.4, -0.2) is 4.92 Å². The predicted octanol–water partition coefficient (Wildman–Crippen LogP) is 4.40. The first-order chi connectivity index (χ1) is 10.0. The third kappa shape index (κ3) is 3.38. The molecule has 2 rings (SSSR count). The average Bonchev–Trinajstić information content (AvgIpc) is 2.47. The van der Waals surface area contributed by atoms with Gasteiger partial charge in [0.1, 0.15) is 6.07 Å². The summed E-state index contributed by atoms with van der Waals surface area (Å²) in [6.45, 7) is 1.96. The lowest BCUT2D eigenvalue weighted by Gasteiger charge is -2.17. The molecule has 0 fully saturated rings. The molecule has 0 radical (unpaired) electrons. The molecule has 0 amide bonds. The molecule has 1 unspecified atom stereocenters. The molecule has 0 saturated heterocycles. The number of benzene rings is 2. The van der Waals surface area contributed by atoms with Crippen molar-refractivity contribution in [2.75, 3.05) is 5.32 Å². The lowest BCUT2D eigenvalue weighted by molar-refractivity contribution is -0.384. The normalized spacial score (nSPS) is 11.5. The first kappa shape index (κ1) is 15.0. The smallest absolute Gasteiger partial charge is 0.270 e. The number of hydrogen-bond donors (Lipinski definition) is 1. The molecule has 1 N–H and O–H groups in total. The largest absolute Gasteiger partial charge is 0.377 e. The summed E-state index contributed by atoms with van der Waals surface area (Å²) in [7, 11) is 0. The Labute approximate surface area is 130 Å². The molecule has 2 aromatic rings. The Morgan fingerprint density at radius 2 is 2.05 bits per heavy atom. The van der Waals surface area contributed by atoms with Gasteiger partial charge in [0.15, 0.2) is 0 Å². The topological polar surface area (TPSA) is 79.0 Å². The molecule has 0 aliphatic heterocycles. The minimum absolute atomic E-state index is 0.0471. The van der Waals surface area contributed by atoms with E-state index in [2.05, 4.69) is 21.2 Å². The van der Waals surface area contributed by atoms with Crippen molar-refractivity contribution in [2.45, 2.75) is 13.0 Å². The first-order valence-electron chi connectivity index (χ1n) is 6.22. The van der Waals surface area contributed by atoms with E-state index in [1.54, 1.807) is 6.07 Å². The number of non-ortho nitro benzene ring substituents is 1. The van der Waals surface area contributed by atoms with Crippen LogP contribution >= 0.6 is 15.9 Å². The van der Waals surface area contributed by atoms with Gasteiger partial charge in [-0.3, -0.25) is 10.1 Å². The van der Waals surface area contributed by atoms with Crippen molar-refractivity contribution in [3.63, 3.8) is 0 Å². The number of halogens is 1. The van der Waals surface area contributed by atoms with Crippen molar-refractivity contribution in [2.24, 2.45) is 0 Å². The second-order valence-corrected chi connectivity index (χ2v) is 5.34. The van der Waals surface area contributed by atoms with Gasteiger partial charge in [0.2, 0.25) is 0 Å². The Balaban J connectivity index is 2.30. The Bertz CT molecular complexity index is 725. The van der Waals surface area contributed by atoms with Gasteiger partial charge in [-0.15, -0.1) is 0 Å². The van der Waals surface area contributed by atoms with E-state index in [0.29, 0.717) is 5.69 Å². The number of nitro groups is 1. The summed E-state index contributed by atoms with van der Waals surface area (Å²) in [6, 6.07) is 13.9. The van der Waals surface area contributed by atoms with Gasteiger partial charge in [0.25, 0.3) is 5.69 Å². The van der Waals surface area contributed by atoms with E-state index < -0.39 is 4.92 Å². The molecule has 0 spiro atoms. The quantitative estimate of drug-likeness (QED) is 0.657. The Kier molecular flexibility index (Phi) is 4.55. The maximum absolute atomic E-state index is 10.7. The van der Waals surface area contributed by atoms with Crippen LogP contribution in [0.2, 0.25) is 0 Å². The van der Waals surface area contributed by atoms with Crippen molar-refractivity contribution in [3.8, 4) is 6.07 Å². The van der Waals surface area contributed by atoms with Crippen LogP contribution in [0.25, 0.3) is 0 Å². The zero-order valence-electron chi connectivity index (χ0n) is 11.2. The number of nitro benzene ring substituents is 1. The van der Waals surface area contributed by atoms with Gasteiger partial charge < -0.3 is 5.32 Å². The second kappa shape index (κ2) is 6.37. The average molecular weight is 346 g/mol. The van der Waals surface area contributed by atoms with Gasteiger partial charge in [-0.05, 0) is 24.6 Å². The third-order valence-electron chi connectivity index (χ3n) is 3.08. The van der Waals surface area contributed by atoms with E-state index in [9.17, 15) is 10.1 Å². The van der Waals surface area contributed by atoms with E-state index in [4.69, 9.17) is 5.26 Å².